The maximum atomic E-state index is 12.5. The van der Waals surface area contributed by atoms with E-state index in [4.69, 9.17) is 0 Å². The third-order valence-electron chi connectivity index (χ3n) is 3.83. The van der Waals surface area contributed by atoms with Gasteiger partial charge in [-0.3, -0.25) is 0 Å². The van der Waals surface area contributed by atoms with Gasteiger partial charge in [-0.05, 0) is 31.7 Å². The summed E-state index contributed by atoms with van der Waals surface area (Å²) in [5.74, 6) is 0.658. The Kier molecular flexibility index (Phi) is 3.77. The molecule has 0 aromatic carbocycles. The van der Waals surface area contributed by atoms with E-state index in [0.29, 0.717) is 12.4 Å². The van der Waals surface area contributed by atoms with Gasteiger partial charge in [0.2, 0.25) is 0 Å². The number of hydrogen-bond acceptors (Lipinski definition) is 4. The molecule has 21 heavy (non-hydrogen) atoms. The summed E-state index contributed by atoms with van der Waals surface area (Å²) >= 11 is 1.65. The molecule has 0 radical (unpaired) electrons. The van der Waals surface area contributed by atoms with E-state index in [9.17, 15) is 13.2 Å². The monoisotopic (exact) mass is 315 g/mol. The molecule has 7 heteroatoms. The number of rotatable bonds is 4. The largest absolute Gasteiger partial charge is 0.390 e. The Morgan fingerprint density at radius 3 is 2.81 bits per heavy atom. The van der Waals surface area contributed by atoms with Crippen LogP contribution in [-0.2, 0) is 12.8 Å². The molecule has 0 spiro atoms. The van der Waals surface area contributed by atoms with Crippen molar-refractivity contribution in [1.29, 1.82) is 0 Å². The second-order valence-corrected chi connectivity index (χ2v) is 6.26. The first-order valence-electron chi connectivity index (χ1n) is 7.06. The summed E-state index contributed by atoms with van der Waals surface area (Å²) in [6.07, 6.45) is -0.370. The van der Waals surface area contributed by atoms with Crippen molar-refractivity contribution >= 4 is 27.4 Å². The van der Waals surface area contributed by atoms with E-state index < -0.39 is 12.6 Å². The first kappa shape index (κ1) is 14.6. The van der Waals surface area contributed by atoms with Gasteiger partial charge in [0.05, 0.1) is 11.8 Å². The molecular formula is C14H16F3N3S. The van der Waals surface area contributed by atoms with Gasteiger partial charge in [0.15, 0.2) is 0 Å². The fraction of sp³-hybridized carbons (Fsp3) is 0.571. The number of aryl methyl sites for hydroxylation is 2. The molecule has 2 heterocycles. The smallest absolute Gasteiger partial charge is 0.356 e. The summed E-state index contributed by atoms with van der Waals surface area (Å²) in [6.45, 7) is 2.31. The summed E-state index contributed by atoms with van der Waals surface area (Å²) in [5.41, 5.74) is 1.25. The first-order chi connectivity index (χ1) is 9.99. The van der Waals surface area contributed by atoms with E-state index in [-0.39, 0.29) is 6.54 Å². The maximum Gasteiger partial charge on any atom is 0.390 e. The number of anilines is 1. The quantitative estimate of drug-likeness (QED) is 0.855. The molecular weight excluding hydrogens is 299 g/mol. The third kappa shape index (κ3) is 2.84. The fourth-order valence-corrected chi connectivity index (χ4v) is 4.05. The van der Waals surface area contributed by atoms with Gasteiger partial charge in [-0.15, -0.1) is 11.3 Å². The van der Waals surface area contributed by atoms with Crippen molar-refractivity contribution in [1.82, 2.24) is 9.97 Å². The lowest BCUT2D eigenvalue weighted by Gasteiger charge is -2.23. The lowest BCUT2D eigenvalue weighted by Crippen LogP contribution is -2.28. The van der Waals surface area contributed by atoms with Gasteiger partial charge in [0, 0.05) is 18.0 Å². The predicted molar refractivity (Wildman–Crippen MR) is 78.0 cm³/mol. The molecule has 0 aliphatic heterocycles. The Labute approximate surface area is 124 Å². The highest BCUT2D eigenvalue weighted by Crippen LogP contribution is 2.40. The zero-order valence-electron chi connectivity index (χ0n) is 11.7. The van der Waals surface area contributed by atoms with Crippen LogP contribution in [0.2, 0.25) is 0 Å². The Bertz CT molecular complexity index is 651. The molecule has 3 rings (SSSR count). The zero-order valence-corrected chi connectivity index (χ0v) is 12.5. The summed E-state index contributed by atoms with van der Waals surface area (Å²) in [7, 11) is 0. The topological polar surface area (TPSA) is 29.0 Å². The van der Waals surface area contributed by atoms with Crippen molar-refractivity contribution in [3.8, 4) is 0 Å². The Balaban J connectivity index is 1.98. The van der Waals surface area contributed by atoms with Gasteiger partial charge < -0.3 is 4.90 Å². The van der Waals surface area contributed by atoms with Crippen molar-refractivity contribution < 1.29 is 13.2 Å². The first-order valence-corrected chi connectivity index (χ1v) is 7.88. The van der Waals surface area contributed by atoms with Crippen LogP contribution in [0.5, 0.6) is 0 Å². The minimum Gasteiger partial charge on any atom is -0.356 e. The molecule has 2 aromatic rings. The summed E-state index contributed by atoms with van der Waals surface area (Å²) in [5, 5.41) is 0.971. The summed E-state index contributed by atoms with van der Waals surface area (Å²) in [6, 6.07) is 0. The lowest BCUT2D eigenvalue weighted by molar-refractivity contribution is -0.132. The van der Waals surface area contributed by atoms with E-state index in [0.717, 1.165) is 29.5 Å². The predicted octanol–water partition coefficient (Wildman–Crippen LogP) is 3.96. The van der Waals surface area contributed by atoms with E-state index in [1.54, 1.807) is 16.2 Å². The number of fused-ring (bicyclic) bond motifs is 3. The van der Waals surface area contributed by atoms with Crippen LogP contribution in [0.25, 0.3) is 10.2 Å². The lowest BCUT2D eigenvalue weighted by atomic mass is 10.2. The van der Waals surface area contributed by atoms with Gasteiger partial charge in [-0.1, -0.05) is 0 Å². The molecule has 3 nitrogen and oxygen atoms in total. The highest BCUT2D eigenvalue weighted by molar-refractivity contribution is 7.19. The van der Waals surface area contributed by atoms with Crippen LogP contribution >= 0.6 is 11.3 Å². The Hall–Kier alpha value is -1.37. The SMILES string of the molecule is CCN(CCC(F)(F)F)c1ncnc2sc3c(c12)CCC3. The summed E-state index contributed by atoms with van der Waals surface area (Å²) < 4.78 is 37.5. The van der Waals surface area contributed by atoms with Gasteiger partial charge in [-0.25, -0.2) is 9.97 Å². The molecule has 0 amide bonds. The molecule has 1 aliphatic carbocycles. The second-order valence-electron chi connectivity index (χ2n) is 5.18. The second kappa shape index (κ2) is 5.44. The maximum absolute atomic E-state index is 12.5. The van der Waals surface area contributed by atoms with Crippen LogP contribution in [0.1, 0.15) is 30.2 Å². The number of alkyl halides is 3. The molecule has 2 aromatic heterocycles. The normalized spacial score (nSPS) is 14.7. The average molecular weight is 315 g/mol. The van der Waals surface area contributed by atoms with E-state index in [1.165, 1.54) is 16.8 Å². The molecule has 0 saturated heterocycles. The van der Waals surface area contributed by atoms with Gasteiger partial charge in [0.25, 0.3) is 0 Å². The van der Waals surface area contributed by atoms with E-state index in [1.807, 2.05) is 6.92 Å². The van der Waals surface area contributed by atoms with Crippen molar-refractivity contribution in [3.63, 3.8) is 0 Å². The van der Waals surface area contributed by atoms with Crippen LogP contribution < -0.4 is 4.90 Å². The molecule has 0 atom stereocenters. The van der Waals surface area contributed by atoms with Crippen molar-refractivity contribution in [2.45, 2.75) is 38.8 Å². The molecule has 0 unspecified atom stereocenters. The van der Waals surface area contributed by atoms with Crippen LogP contribution in [-0.4, -0.2) is 29.2 Å². The van der Waals surface area contributed by atoms with Gasteiger partial charge >= 0.3 is 6.18 Å². The van der Waals surface area contributed by atoms with Crippen molar-refractivity contribution in [3.05, 3.63) is 16.8 Å². The zero-order chi connectivity index (χ0) is 15.0. The minimum absolute atomic E-state index is 0.0588. The molecule has 0 fully saturated rings. The Morgan fingerprint density at radius 2 is 2.10 bits per heavy atom. The molecule has 0 bridgehead atoms. The summed E-state index contributed by atoms with van der Waals surface area (Å²) in [4.78, 5) is 12.5. The fourth-order valence-electron chi connectivity index (χ4n) is 2.83. The highest BCUT2D eigenvalue weighted by atomic mass is 32.1. The highest BCUT2D eigenvalue weighted by Gasteiger charge is 2.29. The number of thiophene rings is 1. The number of nitrogens with zero attached hydrogens (tertiary/aromatic N) is 3. The number of aromatic nitrogens is 2. The van der Waals surface area contributed by atoms with Crippen molar-refractivity contribution in [2.75, 3.05) is 18.0 Å². The number of hydrogen-bond donors (Lipinski definition) is 0. The third-order valence-corrected chi connectivity index (χ3v) is 5.03. The van der Waals surface area contributed by atoms with Crippen LogP contribution in [0.15, 0.2) is 6.33 Å². The molecule has 0 N–H and O–H groups in total. The van der Waals surface area contributed by atoms with E-state index in [2.05, 4.69) is 9.97 Å². The van der Waals surface area contributed by atoms with Gasteiger partial charge in [0.1, 0.15) is 17.0 Å². The van der Waals surface area contributed by atoms with E-state index >= 15 is 0 Å². The Morgan fingerprint density at radius 1 is 1.29 bits per heavy atom. The average Bonchev–Trinajstić information content (AvgIpc) is 2.98. The van der Waals surface area contributed by atoms with Crippen LogP contribution in [0.4, 0.5) is 19.0 Å². The van der Waals surface area contributed by atoms with Crippen molar-refractivity contribution in [2.24, 2.45) is 0 Å². The molecule has 1 aliphatic rings. The number of halogens is 3. The molecule has 0 saturated carbocycles. The molecule has 114 valence electrons. The minimum atomic E-state index is -4.14. The van der Waals surface area contributed by atoms with Crippen LogP contribution in [0.3, 0.4) is 0 Å². The standard InChI is InChI=1S/C14H16F3N3S/c1-2-20(7-6-14(15,16)17)12-11-9-4-3-5-10(9)21-13(11)19-8-18-12/h8H,2-7H2,1H3. The van der Waals surface area contributed by atoms with Crippen LogP contribution in [0, 0.1) is 0 Å². The van der Waals surface area contributed by atoms with Gasteiger partial charge in [-0.2, -0.15) is 13.2 Å².